The summed E-state index contributed by atoms with van der Waals surface area (Å²) in [6.07, 6.45) is 3.46. The van der Waals surface area contributed by atoms with Crippen molar-refractivity contribution in [1.82, 2.24) is 10.2 Å². The molecule has 0 fully saturated rings. The van der Waals surface area contributed by atoms with Crippen LogP contribution in [-0.2, 0) is 0 Å². The number of aromatic nitrogens is 2. The summed E-state index contributed by atoms with van der Waals surface area (Å²) in [5.74, 6) is 0. The highest BCUT2D eigenvalue weighted by Gasteiger charge is 1.56. The molecule has 1 aromatic heterocycles. The molecular weight excluding hydrogens is 107 g/mol. The van der Waals surface area contributed by atoms with Crippen LogP contribution in [0.4, 0.5) is 0 Å². The molecule has 0 aliphatic carbocycles. The zero-order chi connectivity index (χ0) is 6.24. The van der Waals surface area contributed by atoms with Gasteiger partial charge in [0.15, 0.2) is 0 Å². The lowest BCUT2D eigenvalue weighted by molar-refractivity contribution is 0.448. The molecule has 44 valence electrons. The zero-order valence-corrected chi connectivity index (χ0v) is 4.28. The van der Waals surface area contributed by atoms with Crippen LogP contribution in [0.15, 0.2) is 18.5 Å². The lowest BCUT2D eigenvalue weighted by atomic mass is 10.5. The summed E-state index contributed by atoms with van der Waals surface area (Å²) < 4.78 is 0. The molecule has 1 heterocycles. The number of hydrogen-bond acceptors (Lipinski definition) is 3. The molecule has 0 spiro atoms. The molecule has 1 rings (SSSR count). The van der Waals surface area contributed by atoms with Gasteiger partial charge in [0, 0.05) is 12.4 Å². The van der Waals surface area contributed by atoms with E-state index in [-0.39, 0.29) is 0 Å². The molecule has 0 aliphatic heterocycles. The van der Waals surface area contributed by atoms with E-state index in [2.05, 4.69) is 10.2 Å². The number of nitrogens with zero attached hydrogens (tertiary/aromatic N) is 1. The number of nitrogens with one attached hydrogen (secondary N) is 1. The van der Waals surface area contributed by atoms with Gasteiger partial charge in [-0.15, -0.1) is 0 Å². The third-order valence-corrected chi connectivity index (χ3v) is 0.406. The van der Waals surface area contributed by atoms with Gasteiger partial charge < -0.3 is 10.0 Å². The maximum Gasteiger partial charge on any atom is 0.432 e. The average molecular weight is 114 g/mol. The lowest BCUT2D eigenvalue weighted by Gasteiger charge is -1.49. The standard InChI is InChI=1S/C3H4N2.BH3O2/c1-2-4-5-3-1;2-1-3/h1-3H,(H,4,5);1-3H. The Morgan fingerprint density at radius 2 is 2.12 bits per heavy atom. The van der Waals surface area contributed by atoms with Gasteiger partial charge in [0.05, 0.1) is 0 Å². The predicted molar refractivity (Wildman–Crippen MR) is 30.2 cm³/mol. The second kappa shape index (κ2) is 6.19. The summed E-state index contributed by atoms with van der Waals surface area (Å²) in [6.45, 7) is 0. The van der Waals surface area contributed by atoms with Crippen LogP contribution < -0.4 is 0 Å². The maximum absolute atomic E-state index is 7.12. The van der Waals surface area contributed by atoms with Gasteiger partial charge >= 0.3 is 7.69 Å². The quantitative estimate of drug-likeness (QED) is 0.365. The molecule has 8 heavy (non-hydrogen) atoms. The van der Waals surface area contributed by atoms with Crippen molar-refractivity contribution in [3.63, 3.8) is 0 Å². The van der Waals surface area contributed by atoms with Crippen LogP contribution in [0.2, 0.25) is 0 Å². The van der Waals surface area contributed by atoms with Gasteiger partial charge in [-0.25, -0.2) is 0 Å². The molecule has 5 heteroatoms. The molecule has 0 atom stereocenters. The van der Waals surface area contributed by atoms with E-state index >= 15 is 0 Å². The van der Waals surface area contributed by atoms with Crippen LogP contribution in [-0.4, -0.2) is 27.9 Å². The van der Waals surface area contributed by atoms with Gasteiger partial charge in [-0.2, -0.15) is 5.10 Å². The summed E-state index contributed by atoms with van der Waals surface area (Å²) in [5.41, 5.74) is 0. The molecule has 4 nitrogen and oxygen atoms in total. The van der Waals surface area contributed by atoms with Crippen molar-refractivity contribution in [3.8, 4) is 0 Å². The van der Waals surface area contributed by atoms with E-state index in [9.17, 15) is 0 Å². The second-order valence-electron chi connectivity index (χ2n) is 0.908. The molecule has 0 saturated carbocycles. The SMILES string of the molecule is OBO.c1cn[nH]c1. The normalized spacial score (nSPS) is 6.75. The van der Waals surface area contributed by atoms with Crippen LogP contribution in [0.25, 0.3) is 0 Å². The fourth-order valence-corrected chi connectivity index (χ4v) is 0.215. The van der Waals surface area contributed by atoms with Crippen LogP contribution in [0, 0.1) is 0 Å². The Morgan fingerprint density at radius 1 is 1.50 bits per heavy atom. The summed E-state index contributed by atoms with van der Waals surface area (Å²) in [6, 6.07) is 1.83. The minimum atomic E-state index is -0.750. The zero-order valence-electron chi connectivity index (χ0n) is 4.28. The first-order chi connectivity index (χ1) is 3.91. The molecule has 0 saturated heterocycles. The molecule has 0 radical (unpaired) electrons. The van der Waals surface area contributed by atoms with Gasteiger partial charge in [-0.05, 0) is 6.07 Å². The van der Waals surface area contributed by atoms with Crippen molar-refractivity contribution in [1.29, 1.82) is 0 Å². The molecule has 1 aromatic rings. The van der Waals surface area contributed by atoms with Crippen LogP contribution in [0.5, 0.6) is 0 Å². The van der Waals surface area contributed by atoms with E-state index < -0.39 is 7.69 Å². The molecule has 3 N–H and O–H groups in total. The Kier molecular flexibility index (Phi) is 5.57. The fraction of sp³-hybridized carbons (Fsp3) is 0. The van der Waals surface area contributed by atoms with Gasteiger partial charge in [-0.3, -0.25) is 5.10 Å². The minimum absolute atomic E-state index is 0.750. The van der Waals surface area contributed by atoms with Crippen molar-refractivity contribution in [2.45, 2.75) is 0 Å². The number of H-pyrrole nitrogens is 1. The summed E-state index contributed by atoms with van der Waals surface area (Å²) in [5, 5.41) is 20.5. The van der Waals surface area contributed by atoms with Gasteiger partial charge in [0.1, 0.15) is 0 Å². The number of hydrogen-bond donors (Lipinski definition) is 3. The second-order valence-corrected chi connectivity index (χ2v) is 0.908. The van der Waals surface area contributed by atoms with Gasteiger partial charge in [0.25, 0.3) is 0 Å². The summed E-state index contributed by atoms with van der Waals surface area (Å²) in [7, 11) is -0.750. The molecule has 0 aromatic carbocycles. The van der Waals surface area contributed by atoms with Crippen LogP contribution in [0.3, 0.4) is 0 Å². The lowest BCUT2D eigenvalue weighted by Crippen LogP contribution is -1.75. The van der Waals surface area contributed by atoms with Crippen LogP contribution >= 0.6 is 0 Å². The Morgan fingerprint density at radius 3 is 2.25 bits per heavy atom. The first kappa shape index (κ1) is 7.19. The molecule has 0 aliphatic rings. The van der Waals surface area contributed by atoms with E-state index in [1.54, 1.807) is 12.4 Å². The predicted octanol–water partition coefficient (Wildman–Crippen LogP) is -1.35. The Labute approximate surface area is 47.5 Å². The third kappa shape index (κ3) is 5.19. The Balaban J connectivity index is 0.000000145. The molecule has 0 amide bonds. The van der Waals surface area contributed by atoms with E-state index in [4.69, 9.17) is 10.0 Å². The molecule has 0 bridgehead atoms. The first-order valence-electron chi connectivity index (χ1n) is 2.07. The average Bonchev–Trinajstić information content (AvgIpc) is 2.17. The molecule has 0 unspecified atom stereocenters. The highest BCUT2D eigenvalue weighted by Crippen LogP contribution is 1.64. The molecular formula is C3H7BN2O2. The van der Waals surface area contributed by atoms with Crippen molar-refractivity contribution < 1.29 is 10.0 Å². The highest BCUT2D eigenvalue weighted by molar-refractivity contribution is 6.13. The fourth-order valence-electron chi connectivity index (χ4n) is 0.215. The van der Waals surface area contributed by atoms with Crippen molar-refractivity contribution in [2.75, 3.05) is 0 Å². The minimum Gasteiger partial charge on any atom is -0.430 e. The van der Waals surface area contributed by atoms with Crippen LogP contribution in [0.1, 0.15) is 0 Å². The van der Waals surface area contributed by atoms with E-state index in [1.165, 1.54) is 0 Å². The maximum atomic E-state index is 7.12. The number of rotatable bonds is 0. The topological polar surface area (TPSA) is 69.1 Å². The Hall–Kier alpha value is -0.805. The van der Waals surface area contributed by atoms with Crippen molar-refractivity contribution in [3.05, 3.63) is 18.5 Å². The van der Waals surface area contributed by atoms with E-state index in [0.717, 1.165) is 0 Å². The highest BCUT2D eigenvalue weighted by atomic mass is 16.4. The largest absolute Gasteiger partial charge is 0.432 e. The van der Waals surface area contributed by atoms with Gasteiger partial charge in [-0.1, -0.05) is 0 Å². The summed E-state index contributed by atoms with van der Waals surface area (Å²) in [4.78, 5) is 0. The third-order valence-electron chi connectivity index (χ3n) is 0.406. The van der Waals surface area contributed by atoms with E-state index in [1.807, 2.05) is 6.07 Å². The Bertz CT molecular complexity index is 82.2. The monoisotopic (exact) mass is 114 g/mol. The van der Waals surface area contributed by atoms with E-state index in [0.29, 0.717) is 0 Å². The van der Waals surface area contributed by atoms with Gasteiger partial charge in [0.2, 0.25) is 0 Å². The first-order valence-corrected chi connectivity index (χ1v) is 2.07. The number of aromatic amines is 1. The van der Waals surface area contributed by atoms with Crippen molar-refractivity contribution >= 4 is 7.69 Å². The summed E-state index contributed by atoms with van der Waals surface area (Å²) >= 11 is 0. The van der Waals surface area contributed by atoms with Crippen molar-refractivity contribution in [2.24, 2.45) is 0 Å². The smallest absolute Gasteiger partial charge is 0.430 e.